The summed E-state index contributed by atoms with van der Waals surface area (Å²) in [5.74, 6) is 0. The first kappa shape index (κ1) is 12.9. The quantitative estimate of drug-likeness (QED) is 0.703. The van der Waals surface area contributed by atoms with Crippen molar-refractivity contribution in [2.75, 3.05) is 26.3 Å². The maximum atomic E-state index is 5.51. The van der Waals surface area contributed by atoms with Gasteiger partial charge in [0.05, 0.1) is 6.61 Å². The van der Waals surface area contributed by atoms with Crippen LogP contribution in [0.15, 0.2) is 0 Å². The van der Waals surface area contributed by atoms with Crippen molar-refractivity contribution in [2.45, 2.75) is 51.6 Å². The summed E-state index contributed by atoms with van der Waals surface area (Å²) in [5, 5.41) is 7.05. The van der Waals surface area contributed by atoms with Gasteiger partial charge in [0.25, 0.3) is 0 Å². The smallest absolute Gasteiger partial charge is 0.0645 e. The van der Waals surface area contributed by atoms with Gasteiger partial charge in [-0.2, -0.15) is 0 Å². The fourth-order valence-electron chi connectivity index (χ4n) is 2.11. The maximum Gasteiger partial charge on any atom is 0.0645 e. The topological polar surface area (TPSA) is 33.3 Å². The highest BCUT2D eigenvalue weighted by Crippen LogP contribution is 2.17. The minimum atomic E-state index is 0.212. The summed E-state index contributed by atoms with van der Waals surface area (Å²) in [6.07, 6.45) is 3.61. The Morgan fingerprint density at radius 3 is 2.87 bits per heavy atom. The summed E-state index contributed by atoms with van der Waals surface area (Å²) in [4.78, 5) is 0. The number of ether oxygens (including phenoxy) is 1. The maximum absolute atomic E-state index is 5.51. The Morgan fingerprint density at radius 2 is 2.27 bits per heavy atom. The van der Waals surface area contributed by atoms with Crippen LogP contribution in [0.4, 0.5) is 0 Å². The molecule has 3 nitrogen and oxygen atoms in total. The molecular weight excluding hydrogens is 188 g/mol. The van der Waals surface area contributed by atoms with Crippen LogP contribution in [0.25, 0.3) is 0 Å². The van der Waals surface area contributed by atoms with Crippen molar-refractivity contribution < 1.29 is 4.74 Å². The van der Waals surface area contributed by atoms with Gasteiger partial charge in [0.15, 0.2) is 0 Å². The van der Waals surface area contributed by atoms with Gasteiger partial charge in [0.2, 0.25) is 0 Å². The van der Waals surface area contributed by atoms with Crippen LogP contribution in [0, 0.1) is 0 Å². The summed E-state index contributed by atoms with van der Waals surface area (Å²) in [6.45, 7) is 10.6. The highest BCUT2D eigenvalue weighted by molar-refractivity contribution is 4.85. The van der Waals surface area contributed by atoms with E-state index in [1.807, 2.05) is 0 Å². The monoisotopic (exact) mass is 214 g/mol. The van der Waals surface area contributed by atoms with Crippen molar-refractivity contribution in [3.8, 4) is 0 Å². The lowest BCUT2D eigenvalue weighted by molar-refractivity contribution is 0.0284. The lowest BCUT2D eigenvalue weighted by Crippen LogP contribution is -2.50. The van der Waals surface area contributed by atoms with E-state index in [1.54, 1.807) is 0 Å². The normalized spacial score (nSPS) is 29.0. The molecule has 2 unspecified atom stereocenters. The van der Waals surface area contributed by atoms with E-state index in [9.17, 15) is 0 Å². The minimum Gasteiger partial charge on any atom is -0.380 e. The Bertz CT molecular complexity index is 167. The summed E-state index contributed by atoms with van der Waals surface area (Å²) >= 11 is 0. The molecule has 1 saturated heterocycles. The Labute approximate surface area is 94.0 Å². The van der Waals surface area contributed by atoms with Gasteiger partial charge in [-0.3, -0.25) is 0 Å². The largest absolute Gasteiger partial charge is 0.380 e. The lowest BCUT2D eigenvalue weighted by Gasteiger charge is -2.34. The predicted octanol–water partition coefficient (Wildman–Crippen LogP) is 1.53. The molecule has 2 atom stereocenters. The highest BCUT2D eigenvalue weighted by Gasteiger charge is 2.26. The van der Waals surface area contributed by atoms with Crippen LogP contribution in [-0.2, 0) is 4.74 Å². The van der Waals surface area contributed by atoms with E-state index >= 15 is 0 Å². The molecule has 0 aliphatic carbocycles. The first-order valence-corrected chi connectivity index (χ1v) is 6.22. The first-order chi connectivity index (χ1) is 7.16. The van der Waals surface area contributed by atoms with Crippen molar-refractivity contribution in [1.29, 1.82) is 0 Å². The molecule has 0 radical (unpaired) electrons. The van der Waals surface area contributed by atoms with E-state index in [2.05, 4.69) is 31.4 Å². The zero-order valence-corrected chi connectivity index (χ0v) is 10.4. The molecule has 0 aromatic carbocycles. The number of nitrogens with one attached hydrogen (secondary N) is 2. The van der Waals surface area contributed by atoms with E-state index in [-0.39, 0.29) is 5.54 Å². The van der Waals surface area contributed by atoms with Gasteiger partial charge in [0.1, 0.15) is 0 Å². The van der Waals surface area contributed by atoms with E-state index in [0.717, 1.165) is 26.3 Å². The van der Waals surface area contributed by atoms with Crippen LogP contribution in [-0.4, -0.2) is 37.9 Å². The van der Waals surface area contributed by atoms with E-state index in [4.69, 9.17) is 4.74 Å². The Hall–Kier alpha value is -0.120. The molecule has 1 aliphatic heterocycles. The highest BCUT2D eigenvalue weighted by atomic mass is 16.5. The molecule has 0 saturated carbocycles. The van der Waals surface area contributed by atoms with Crippen LogP contribution in [0.3, 0.4) is 0 Å². The van der Waals surface area contributed by atoms with Gasteiger partial charge in [0, 0.05) is 18.2 Å². The average Bonchev–Trinajstić information content (AvgIpc) is 2.19. The zero-order valence-electron chi connectivity index (χ0n) is 10.4. The fraction of sp³-hybridized carbons (Fsp3) is 1.00. The van der Waals surface area contributed by atoms with Crippen LogP contribution < -0.4 is 10.6 Å². The molecule has 3 heteroatoms. The van der Waals surface area contributed by atoms with Gasteiger partial charge in [-0.1, -0.05) is 6.92 Å². The lowest BCUT2D eigenvalue weighted by atomic mass is 9.95. The number of hydrogen-bond acceptors (Lipinski definition) is 3. The first-order valence-electron chi connectivity index (χ1n) is 6.22. The standard InChI is InChI=1S/C12H26N2O/c1-4-13-11(2)6-8-14-12(3)7-5-9-15-10-12/h11,13-14H,4-10H2,1-3H3. The molecule has 15 heavy (non-hydrogen) atoms. The van der Waals surface area contributed by atoms with Crippen molar-refractivity contribution in [1.82, 2.24) is 10.6 Å². The van der Waals surface area contributed by atoms with Crippen molar-refractivity contribution in [3.63, 3.8) is 0 Å². The molecule has 1 fully saturated rings. The molecule has 0 aromatic rings. The van der Waals surface area contributed by atoms with Crippen LogP contribution in [0.2, 0.25) is 0 Å². The average molecular weight is 214 g/mol. The second-order valence-electron chi connectivity index (χ2n) is 4.89. The summed E-state index contributed by atoms with van der Waals surface area (Å²) in [5.41, 5.74) is 0.212. The van der Waals surface area contributed by atoms with Gasteiger partial charge >= 0.3 is 0 Å². The predicted molar refractivity (Wildman–Crippen MR) is 64.2 cm³/mol. The molecule has 2 N–H and O–H groups in total. The number of hydrogen-bond donors (Lipinski definition) is 2. The zero-order chi connectivity index (χ0) is 11.1. The van der Waals surface area contributed by atoms with Gasteiger partial charge < -0.3 is 15.4 Å². The summed E-state index contributed by atoms with van der Waals surface area (Å²) in [7, 11) is 0. The summed E-state index contributed by atoms with van der Waals surface area (Å²) in [6, 6.07) is 0.607. The van der Waals surface area contributed by atoms with Gasteiger partial charge in [-0.05, 0) is 46.2 Å². The van der Waals surface area contributed by atoms with Crippen molar-refractivity contribution in [3.05, 3.63) is 0 Å². The molecule has 1 rings (SSSR count). The van der Waals surface area contributed by atoms with Gasteiger partial charge in [-0.15, -0.1) is 0 Å². The van der Waals surface area contributed by atoms with E-state index in [1.165, 1.54) is 19.3 Å². The van der Waals surface area contributed by atoms with Crippen LogP contribution >= 0.6 is 0 Å². The SMILES string of the molecule is CCNC(C)CCNC1(C)CCCOC1. The Morgan fingerprint density at radius 1 is 1.47 bits per heavy atom. The summed E-state index contributed by atoms with van der Waals surface area (Å²) < 4.78 is 5.51. The molecular formula is C12H26N2O. The second-order valence-corrected chi connectivity index (χ2v) is 4.89. The Balaban J connectivity index is 2.12. The van der Waals surface area contributed by atoms with Crippen LogP contribution in [0.5, 0.6) is 0 Å². The number of rotatable bonds is 6. The molecule has 0 aromatic heterocycles. The van der Waals surface area contributed by atoms with E-state index in [0.29, 0.717) is 6.04 Å². The fourth-order valence-corrected chi connectivity index (χ4v) is 2.11. The molecule has 0 spiro atoms. The second kappa shape index (κ2) is 6.46. The van der Waals surface area contributed by atoms with Crippen molar-refractivity contribution in [2.24, 2.45) is 0 Å². The molecule has 0 bridgehead atoms. The molecule has 1 heterocycles. The molecule has 1 aliphatic rings. The minimum absolute atomic E-state index is 0.212. The Kier molecular flexibility index (Phi) is 5.58. The van der Waals surface area contributed by atoms with E-state index < -0.39 is 0 Å². The third-order valence-electron chi connectivity index (χ3n) is 3.12. The van der Waals surface area contributed by atoms with Crippen LogP contribution in [0.1, 0.15) is 40.0 Å². The molecule has 0 amide bonds. The molecule has 90 valence electrons. The third-order valence-corrected chi connectivity index (χ3v) is 3.12. The third kappa shape index (κ3) is 4.96. The van der Waals surface area contributed by atoms with Gasteiger partial charge in [-0.25, -0.2) is 0 Å². The van der Waals surface area contributed by atoms with Crippen molar-refractivity contribution >= 4 is 0 Å².